The van der Waals surface area contributed by atoms with E-state index in [1.165, 1.54) is 12.1 Å². The third-order valence-electron chi connectivity index (χ3n) is 3.86. The Morgan fingerprint density at radius 3 is 1.63 bits per heavy atom. The van der Waals surface area contributed by atoms with Gasteiger partial charge in [0, 0.05) is 0 Å². The van der Waals surface area contributed by atoms with E-state index in [1.807, 2.05) is 6.92 Å². The molecule has 0 fully saturated rings. The normalized spacial score (nSPS) is 13.2. The first-order valence-corrected chi connectivity index (χ1v) is 9.49. The molecule has 166 valence electrons. The maximum atomic E-state index is 12.5. The van der Waals surface area contributed by atoms with Crippen LogP contribution in [0.3, 0.4) is 0 Å². The summed E-state index contributed by atoms with van der Waals surface area (Å²) in [4.78, 5) is 10.8. The molecule has 30 heavy (non-hydrogen) atoms. The van der Waals surface area contributed by atoms with Crippen LogP contribution in [-0.2, 0) is 27.3 Å². The van der Waals surface area contributed by atoms with Crippen molar-refractivity contribution >= 4 is 16.0 Å². The molecule has 1 amide bonds. The third-order valence-corrected chi connectivity index (χ3v) is 4.72. The van der Waals surface area contributed by atoms with Crippen LogP contribution < -0.4 is 5.73 Å². The van der Waals surface area contributed by atoms with Crippen molar-refractivity contribution in [1.29, 1.82) is 0 Å². The highest BCUT2D eigenvalue weighted by Gasteiger charge is 2.37. The molecular weight excluding hydrogens is 440 g/mol. The van der Waals surface area contributed by atoms with Crippen LogP contribution in [-0.4, -0.2) is 18.9 Å². The second-order valence-corrected chi connectivity index (χ2v) is 7.67. The number of hydrogen-bond donors (Lipinski definition) is 2. The molecule has 0 saturated heterocycles. The standard InChI is InChI=1S/C11H9F6NO.C7H8O3S/c1-5(9(18)19)6-2-7(10(12,13)14)4-8(3-6)11(15,16)17;1-6-2-4-7(5-3-6)11(8,9)10/h2-5H,1H3,(H2,18,19);2-5H,1H3,(H,8,9,10)/t5-;/m1./s1. The molecule has 0 aliphatic rings. The molecular formula is C18H17F6NO4S. The SMILES string of the molecule is C[C@@H](C(N)=O)c1cc(C(F)(F)F)cc(C(F)(F)F)c1.Cc1ccc(S(=O)(=O)O)cc1. The molecule has 2 rings (SSSR count). The number of nitrogens with two attached hydrogens (primary N) is 1. The minimum atomic E-state index is -4.94. The summed E-state index contributed by atoms with van der Waals surface area (Å²) in [5.41, 5.74) is 2.48. The fourth-order valence-corrected chi connectivity index (χ4v) is 2.58. The summed E-state index contributed by atoms with van der Waals surface area (Å²) in [6.45, 7) is 2.98. The first-order valence-electron chi connectivity index (χ1n) is 8.05. The highest BCUT2D eigenvalue weighted by Crippen LogP contribution is 2.37. The zero-order chi connectivity index (χ0) is 23.5. The monoisotopic (exact) mass is 457 g/mol. The fourth-order valence-electron chi connectivity index (χ4n) is 2.10. The average Bonchev–Trinajstić information content (AvgIpc) is 2.59. The highest BCUT2D eigenvalue weighted by molar-refractivity contribution is 7.85. The van der Waals surface area contributed by atoms with Gasteiger partial charge in [0.25, 0.3) is 10.1 Å². The molecule has 12 heteroatoms. The highest BCUT2D eigenvalue weighted by atomic mass is 32.2. The Morgan fingerprint density at radius 2 is 1.33 bits per heavy atom. The largest absolute Gasteiger partial charge is 0.416 e. The zero-order valence-corrected chi connectivity index (χ0v) is 16.4. The molecule has 5 nitrogen and oxygen atoms in total. The van der Waals surface area contributed by atoms with Gasteiger partial charge < -0.3 is 5.73 Å². The lowest BCUT2D eigenvalue weighted by molar-refractivity contribution is -0.143. The van der Waals surface area contributed by atoms with E-state index >= 15 is 0 Å². The molecule has 0 aliphatic heterocycles. The topological polar surface area (TPSA) is 97.5 Å². The second kappa shape index (κ2) is 9.04. The molecule has 0 saturated carbocycles. The minimum absolute atomic E-state index is 0.00276. The molecule has 2 aromatic carbocycles. The second-order valence-electron chi connectivity index (χ2n) is 6.25. The van der Waals surface area contributed by atoms with Crippen LogP contribution >= 0.6 is 0 Å². The zero-order valence-electron chi connectivity index (χ0n) is 15.5. The van der Waals surface area contributed by atoms with Gasteiger partial charge in [-0.15, -0.1) is 0 Å². The Hall–Kier alpha value is -2.60. The van der Waals surface area contributed by atoms with Crippen LogP contribution in [0.1, 0.15) is 35.1 Å². The van der Waals surface area contributed by atoms with Gasteiger partial charge in [-0.2, -0.15) is 34.8 Å². The van der Waals surface area contributed by atoms with E-state index in [4.69, 9.17) is 10.3 Å². The fraction of sp³-hybridized carbons (Fsp3) is 0.278. The average molecular weight is 457 g/mol. The van der Waals surface area contributed by atoms with Crippen molar-refractivity contribution in [3.8, 4) is 0 Å². The summed E-state index contributed by atoms with van der Waals surface area (Å²) in [7, 11) is -4.02. The van der Waals surface area contributed by atoms with Crippen LogP contribution in [0.15, 0.2) is 47.4 Å². The van der Waals surface area contributed by atoms with E-state index in [-0.39, 0.29) is 11.0 Å². The molecule has 0 heterocycles. The van der Waals surface area contributed by atoms with Gasteiger partial charge in [0.15, 0.2) is 0 Å². The molecule has 0 aromatic heterocycles. The minimum Gasteiger partial charge on any atom is -0.369 e. The third kappa shape index (κ3) is 7.34. The van der Waals surface area contributed by atoms with Crippen LogP contribution in [0.25, 0.3) is 0 Å². The van der Waals surface area contributed by atoms with E-state index in [9.17, 15) is 39.6 Å². The number of alkyl halides is 6. The van der Waals surface area contributed by atoms with E-state index in [2.05, 4.69) is 0 Å². The van der Waals surface area contributed by atoms with Crippen LogP contribution in [0.5, 0.6) is 0 Å². The van der Waals surface area contributed by atoms with Gasteiger partial charge in [0.2, 0.25) is 5.91 Å². The predicted octanol–water partition coefficient (Wildman–Crippen LogP) is 4.55. The predicted molar refractivity (Wildman–Crippen MR) is 95.0 cm³/mol. The number of amides is 1. The lowest BCUT2D eigenvalue weighted by Crippen LogP contribution is -2.20. The van der Waals surface area contributed by atoms with Crippen LogP contribution in [0.2, 0.25) is 0 Å². The Bertz CT molecular complexity index is 967. The molecule has 3 N–H and O–H groups in total. The van der Waals surface area contributed by atoms with Crippen molar-refractivity contribution in [2.75, 3.05) is 0 Å². The molecule has 2 aromatic rings. The first kappa shape index (κ1) is 25.4. The molecule has 0 unspecified atom stereocenters. The van der Waals surface area contributed by atoms with E-state index < -0.39 is 51.0 Å². The summed E-state index contributed by atoms with van der Waals surface area (Å²) < 4.78 is 105. The molecule has 0 radical (unpaired) electrons. The maximum absolute atomic E-state index is 12.5. The molecule has 1 atom stereocenters. The Balaban J connectivity index is 0.000000346. The van der Waals surface area contributed by atoms with Crippen LogP contribution in [0, 0.1) is 6.92 Å². The number of carbonyl (C=O) groups excluding carboxylic acids is 1. The number of primary amides is 1. The van der Waals surface area contributed by atoms with Gasteiger partial charge in [0.1, 0.15) is 0 Å². The molecule has 0 bridgehead atoms. The van der Waals surface area contributed by atoms with Gasteiger partial charge in [-0.05, 0) is 49.7 Å². The van der Waals surface area contributed by atoms with Crippen molar-refractivity contribution in [2.24, 2.45) is 5.73 Å². The molecule has 0 aliphatic carbocycles. The quantitative estimate of drug-likeness (QED) is 0.522. The number of rotatable bonds is 3. The van der Waals surface area contributed by atoms with Crippen molar-refractivity contribution in [3.05, 3.63) is 64.7 Å². The molecule has 0 spiro atoms. The van der Waals surface area contributed by atoms with E-state index in [1.54, 1.807) is 12.1 Å². The summed E-state index contributed by atoms with van der Waals surface area (Å²) in [6.07, 6.45) is -9.87. The number of benzene rings is 2. The lowest BCUT2D eigenvalue weighted by Gasteiger charge is -2.16. The summed E-state index contributed by atoms with van der Waals surface area (Å²) in [6, 6.07) is 6.97. The van der Waals surface area contributed by atoms with Crippen molar-refractivity contribution in [1.82, 2.24) is 0 Å². The summed E-state index contributed by atoms with van der Waals surface area (Å²) in [5.74, 6) is -2.25. The van der Waals surface area contributed by atoms with Crippen molar-refractivity contribution in [2.45, 2.75) is 37.0 Å². The number of hydrogen-bond acceptors (Lipinski definition) is 3. The van der Waals surface area contributed by atoms with Crippen molar-refractivity contribution < 1.29 is 44.1 Å². The van der Waals surface area contributed by atoms with E-state index in [0.29, 0.717) is 12.1 Å². The van der Waals surface area contributed by atoms with Crippen molar-refractivity contribution in [3.63, 3.8) is 0 Å². The number of carbonyl (C=O) groups is 1. The van der Waals surface area contributed by atoms with E-state index in [0.717, 1.165) is 12.5 Å². The van der Waals surface area contributed by atoms with Crippen LogP contribution in [0.4, 0.5) is 26.3 Å². The van der Waals surface area contributed by atoms with Gasteiger partial charge in [-0.1, -0.05) is 17.7 Å². The Morgan fingerprint density at radius 1 is 0.933 bits per heavy atom. The van der Waals surface area contributed by atoms with Gasteiger partial charge in [-0.3, -0.25) is 9.35 Å². The van der Waals surface area contributed by atoms with Gasteiger partial charge in [0.05, 0.1) is 21.9 Å². The lowest BCUT2D eigenvalue weighted by atomic mass is 9.95. The smallest absolute Gasteiger partial charge is 0.369 e. The summed E-state index contributed by atoms with van der Waals surface area (Å²) in [5, 5.41) is 0. The summed E-state index contributed by atoms with van der Waals surface area (Å²) >= 11 is 0. The first-order chi connectivity index (χ1) is 13.4. The Labute approximate surface area is 168 Å². The Kier molecular flexibility index (Phi) is 7.67. The maximum Gasteiger partial charge on any atom is 0.416 e. The van der Waals surface area contributed by atoms with Gasteiger partial charge in [-0.25, -0.2) is 0 Å². The number of halogens is 6. The van der Waals surface area contributed by atoms with Gasteiger partial charge >= 0.3 is 12.4 Å². The number of aryl methyl sites for hydroxylation is 1.